The minimum absolute atomic E-state index is 0.00986. The zero-order valence-corrected chi connectivity index (χ0v) is 8.59. The minimum Gasteiger partial charge on any atom is -0.341 e. The number of alkyl halides is 2. The van der Waals surface area contributed by atoms with Crippen LogP contribution in [0.15, 0.2) is 0 Å². The van der Waals surface area contributed by atoms with E-state index in [4.69, 9.17) is 0 Å². The third kappa shape index (κ3) is 2.27. The minimum atomic E-state index is -2.29. The van der Waals surface area contributed by atoms with Gasteiger partial charge in [0.25, 0.3) is 0 Å². The molecule has 2 heterocycles. The first kappa shape index (κ1) is 10.8. The highest BCUT2D eigenvalue weighted by Gasteiger charge is 2.35. The van der Waals surface area contributed by atoms with Gasteiger partial charge in [-0.3, -0.25) is 4.79 Å². The van der Waals surface area contributed by atoms with E-state index in [0.717, 1.165) is 19.4 Å². The van der Waals surface area contributed by atoms with Crippen LogP contribution in [0.3, 0.4) is 0 Å². The van der Waals surface area contributed by atoms with Crippen LogP contribution >= 0.6 is 0 Å². The molecule has 0 aromatic heterocycles. The van der Waals surface area contributed by atoms with E-state index in [9.17, 15) is 13.6 Å². The number of likely N-dealkylation sites (tertiary alicyclic amines) is 1. The first-order valence-corrected chi connectivity index (χ1v) is 5.49. The molecule has 2 fully saturated rings. The summed E-state index contributed by atoms with van der Waals surface area (Å²) >= 11 is 0. The van der Waals surface area contributed by atoms with Gasteiger partial charge < -0.3 is 10.2 Å². The van der Waals surface area contributed by atoms with Crippen molar-refractivity contribution < 1.29 is 13.6 Å². The predicted octanol–water partition coefficient (Wildman–Crippen LogP) is 0.852. The number of carbonyl (C=O) groups excluding carboxylic acids is 1. The highest BCUT2D eigenvalue weighted by Crippen LogP contribution is 2.24. The summed E-state index contributed by atoms with van der Waals surface area (Å²) in [6.07, 6.45) is -0.00723. The lowest BCUT2D eigenvalue weighted by Gasteiger charge is -2.20. The van der Waals surface area contributed by atoms with Crippen molar-refractivity contribution in [3.05, 3.63) is 0 Å². The van der Waals surface area contributed by atoms with Gasteiger partial charge in [-0.15, -0.1) is 0 Å². The normalized spacial score (nSPS) is 31.5. The lowest BCUT2D eigenvalue weighted by atomic mass is 10.1. The number of hydrogen-bond donors (Lipinski definition) is 1. The fourth-order valence-electron chi connectivity index (χ4n) is 2.31. The smallest absolute Gasteiger partial charge is 0.243 e. The van der Waals surface area contributed by atoms with E-state index in [1.807, 2.05) is 0 Å². The first-order chi connectivity index (χ1) is 7.18. The first-order valence-electron chi connectivity index (χ1n) is 5.49. The van der Waals surface area contributed by atoms with Crippen LogP contribution in [-0.2, 0) is 4.79 Å². The SMILES string of the molecule is O=C([C@@H]1CCCN1)N1CC[C@@H](C(F)F)C1. The largest absolute Gasteiger partial charge is 0.341 e. The van der Waals surface area contributed by atoms with Crippen molar-refractivity contribution >= 4 is 5.91 Å². The van der Waals surface area contributed by atoms with Crippen LogP contribution in [-0.4, -0.2) is 42.9 Å². The number of nitrogens with one attached hydrogen (secondary N) is 1. The molecule has 0 saturated carbocycles. The Bertz CT molecular complexity index is 242. The van der Waals surface area contributed by atoms with Crippen molar-refractivity contribution in [1.29, 1.82) is 0 Å². The van der Waals surface area contributed by atoms with Crippen LogP contribution in [0.5, 0.6) is 0 Å². The van der Waals surface area contributed by atoms with Crippen molar-refractivity contribution in [2.45, 2.75) is 31.7 Å². The van der Waals surface area contributed by atoms with Gasteiger partial charge in [0.2, 0.25) is 12.3 Å². The van der Waals surface area contributed by atoms with Crippen molar-refractivity contribution in [3.8, 4) is 0 Å². The maximum Gasteiger partial charge on any atom is 0.243 e. The van der Waals surface area contributed by atoms with E-state index in [0.29, 0.717) is 13.0 Å². The zero-order valence-electron chi connectivity index (χ0n) is 8.59. The Morgan fingerprint density at radius 2 is 2.20 bits per heavy atom. The van der Waals surface area contributed by atoms with Crippen LogP contribution in [0.4, 0.5) is 8.78 Å². The molecule has 0 radical (unpaired) electrons. The summed E-state index contributed by atoms with van der Waals surface area (Å²) in [5, 5.41) is 3.10. The van der Waals surface area contributed by atoms with Gasteiger partial charge >= 0.3 is 0 Å². The second kappa shape index (κ2) is 4.43. The summed E-state index contributed by atoms with van der Waals surface area (Å²) < 4.78 is 24.8. The third-order valence-electron chi connectivity index (χ3n) is 3.25. The number of amides is 1. The van der Waals surface area contributed by atoms with Gasteiger partial charge in [-0.1, -0.05) is 0 Å². The maximum atomic E-state index is 12.4. The molecule has 2 rings (SSSR count). The van der Waals surface area contributed by atoms with E-state index < -0.39 is 12.3 Å². The Morgan fingerprint density at radius 1 is 1.40 bits per heavy atom. The molecule has 5 heteroatoms. The van der Waals surface area contributed by atoms with E-state index in [-0.39, 0.29) is 18.5 Å². The molecular weight excluding hydrogens is 202 g/mol. The van der Waals surface area contributed by atoms with Crippen LogP contribution in [0.25, 0.3) is 0 Å². The molecule has 0 aliphatic carbocycles. The molecule has 0 aromatic rings. The summed E-state index contributed by atoms with van der Waals surface area (Å²) in [4.78, 5) is 13.4. The van der Waals surface area contributed by atoms with Crippen LogP contribution in [0.2, 0.25) is 0 Å². The summed E-state index contributed by atoms with van der Waals surface area (Å²) in [6.45, 7) is 1.59. The molecule has 0 unspecified atom stereocenters. The topological polar surface area (TPSA) is 32.3 Å². The Labute approximate surface area is 87.8 Å². The summed E-state index contributed by atoms with van der Waals surface area (Å²) in [7, 11) is 0. The van der Waals surface area contributed by atoms with Gasteiger partial charge in [-0.2, -0.15) is 0 Å². The molecule has 3 nitrogen and oxygen atoms in total. The Kier molecular flexibility index (Phi) is 3.19. The molecule has 0 bridgehead atoms. The number of nitrogens with zero attached hydrogens (tertiary/aromatic N) is 1. The van der Waals surface area contributed by atoms with Gasteiger partial charge in [0.05, 0.1) is 6.04 Å². The molecule has 2 aliphatic heterocycles. The highest BCUT2D eigenvalue weighted by molar-refractivity contribution is 5.82. The molecule has 0 spiro atoms. The molecule has 1 amide bonds. The summed E-state index contributed by atoms with van der Waals surface area (Å²) in [5.41, 5.74) is 0. The lowest BCUT2D eigenvalue weighted by Crippen LogP contribution is -2.42. The van der Waals surface area contributed by atoms with Gasteiger partial charge in [0.1, 0.15) is 0 Å². The quantitative estimate of drug-likeness (QED) is 0.745. The van der Waals surface area contributed by atoms with Crippen molar-refractivity contribution in [2.75, 3.05) is 19.6 Å². The molecule has 1 N–H and O–H groups in total. The van der Waals surface area contributed by atoms with Crippen molar-refractivity contribution in [2.24, 2.45) is 5.92 Å². The number of hydrogen-bond acceptors (Lipinski definition) is 2. The fraction of sp³-hybridized carbons (Fsp3) is 0.900. The van der Waals surface area contributed by atoms with Gasteiger partial charge in [-0.05, 0) is 25.8 Å². The molecule has 2 aliphatic rings. The second-order valence-electron chi connectivity index (χ2n) is 4.32. The average Bonchev–Trinajstić information content (AvgIpc) is 2.88. The molecule has 15 heavy (non-hydrogen) atoms. The van der Waals surface area contributed by atoms with Crippen LogP contribution in [0.1, 0.15) is 19.3 Å². The lowest BCUT2D eigenvalue weighted by molar-refractivity contribution is -0.132. The van der Waals surface area contributed by atoms with Gasteiger partial charge in [0.15, 0.2) is 0 Å². The molecule has 0 aromatic carbocycles. The number of rotatable bonds is 2. The van der Waals surface area contributed by atoms with E-state index in [2.05, 4.69) is 5.32 Å². The molecule has 2 saturated heterocycles. The molecule has 2 atom stereocenters. The standard InChI is InChI=1S/C10H16F2N2O/c11-9(12)7-3-5-14(6-7)10(15)8-2-1-4-13-8/h7-9,13H,1-6H2/t7-,8+/m1/s1. The summed E-state index contributed by atoms with van der Waals surface area (Å²) in [5.74, 6) is -0.606. The number of carbonyl (C=O) groups is 1. The molecular formula is C10H16F2N2O. The molecule has 86 valence electrons. The highest BCUT2D eigenvalue weighted by atomic mass is 19.3. The van der Waals surface area contributed by atoms with Gasteiger partial charge in [-0.25, -0.2) is 8.78 Å². The van der Waals surface area contributed by atoms with Crippen molar-refractivity contribution in [3.63, 3.8) is 0 Å². The maximum absolute atomic E-state index is 12.4. The van der Waals surface area contributed by atoms with E-state index >= 15 is 0 Å². The summed E-state index contributed by atoms with van der Waals surface area (Å²) in [6, 6.07) is -0.124. The van der Waals surface area contributed by atoms with Crippen LogP contribution < -0.4 is 5.32 Å². The Morgan fingerprint density at radius 3 is 2.73 bits per heavy atom. The number of halogens is 2. The van der Waals surface area contributed by atoms with E-state index in [1.165, 1.54) is 0 Å². The predicted molar refractivity (Wildman–Crippen MR) is 51.7 cm³/mol. The zero-order chi connectivity index (χ0) is 10.8. The van der Waals surface area contributed by atoms with Gasteiger partial charge in [0, 0.05) is 19.0 Å². The average molecular weight is 218 g/mol. The Balaban J connectivity index is 1.87. The Hall–Kier alpha value is -0.710. The second-order valence-corrected chi connectivity index (χ2v) is 4.32. The third-order valence-corrected chi connectivity index (χ3v) is 3.25. The van der Waals surface area contributed by atoms with E-state index in [1.54, 1.807) is 4.90 Å². The fourth-order valence-corrected chi connectivity index (χ4v) is 2.31. The van der Waals surface area contributed by atoms with Crippen LogP contribution in [0, 0.1) is 5.92 Å². The monoisotopic (exact) mass is 218 g/mol. The van der Waals surface area contributed by atoms with Crippen molar-refractivity contribution in [1.82, 2.24) is 10.2 Å².